The van der Waals surface area contributed by atoms with Gasteiger partial charge in [-0.1, -0.05) is 0 Å². The fourth-order valence-electron chi connectivity index (χ4n) is 2.09. The SMILES string of the molecule is Cc1cc(C(=O)COc2ccc(S(N)(=O)=O)cc2)c(C)n1C. The molecule has 0 aliphatic heterocycles. The quantitative estimate of drug-likeness (QED) is 0.846. The summed E-state index contributed by atoms with van der Waals surface area (Å²) in [5, 5.41) is 5.01. The summed E-state index contributed by atoms with van der Waals surface area (Å²) in [6, 6.07) is 7.44. The number of aromatic nitrogens is 1. The van der Waals surface area contributed by atoms with E-state index in [9.17, 15) is 13.2 Å². The predicted octanol–water partition coefficient (Wildman–Crippen LogP) is 1.55. The van der Waals surface area contributed by atoms with Crippen molar-refractivity contribution in [3.05, 3.63) is 47.3 Å². The molecule has 0 bridgehead atoms. The molecule has 6 nitrogen and oxygen atoms in total. The van der Waals surface area contributed by atoms with Crippen molar-refractivity contribution < 1.29 is 17.9 Å². The molecule has 1 heterocycles. The molecule has 0 saturated carbocycles. The number of hydrogen-bond acceptors (Lipinski definition) is 4. The average molecular weight is 322 g/mol. The second kappa shape index (κ2) is 5.94. The molecule has 1 aromatic carbocycles. The van der Waals surface area contributed by atoms with Crippen LogP contribution in [0.2, 0.25) is 0 Å². The van der Waals surface area contributed by atoms with E-state index in [0.29, 0.717) is 11.3 Å². The molecule has 0 radical (unpaired) electrons. The lowest BCUT2D eigenvalue weighted by molar-refractivity contribution is 0.0920. The number of carbonyl (C=O) groups is 1. The highest BCUT2D eigenvalue weighted by Gasteiger charge is 2.15. The Kier molecular flexibility index (Phi) is 4.39. The van der Waals surface area contributed by atoms with E-state index in [1.165, 1.54) is 24.3 Å². The molecule has 0 aliphatic rings. The maximum Gasteiger partial charge on any atom is 0.238 e. The first-order valence-electron chi connectivity index (χ1n) is 6.62. The monoisotopic (exact) mass is 322 g/mol. The van der Waals surface area contributed by atoms with Crippen LogP contribution in [0, 0.1) is 13.8 Å². The highest BCUT2D eigenvalue weighted by atomic mass is 32.2. The Labute approximate surface area is 129 Å². The molecule has 2 rings (SSSR count). The van der Waals surface area contributed by atoms with Crippen LogP contribution in [0.4, 0.5) is 0 Å². The molecule has 0 saturated heterocycles. The Hall–Kier alpha value is -2.12. The van der Waals surface area contributed by atoms with Crippen molar-refractivity contribution in [2.45, 2.75) is 18.7 Å². The van der Waals surface area contributed by atoms with Gasteiger partial charge in [-0.3, -0.25) is 4.79 Å². The van der Waals surface area contributed by atoms with Gasteiger partial charge >= 0.3 is 0 Å². The molecule has 2 aromatic rings. The third kappa shape index (κ3) is 3.37. The van der Waals surface area contributed by atoms with Gasteiger partial charge in [-0.2, -0.15) is 0 Å². The van der Waals surface area contributed by atoms with Gasteiger partial charge in [0.25, 0.3) is 0 Å². The average Bonchev–Trinajstić information content (AvgIpc) is 2.72. The number of rotatable bonds is 5. The number of primary sulfonamides is 1. The van der Waals surface area contributed by atoms with Crippen molar-refractivity contribution in [3.63, 3.8) is 0 Å². The van der Waals surface area contributed by atoms with Crippen LogP contribution in [-0.4, -0.2) is 25.4 Å². The lowest BCUT2D eigenvalue weighted by Gasteiger charge is -2.06. The maximum atomic E-state index is 12.2. The zero-order valence-electron chi connectivity index (χ0n) is 12.7. The van der Waals surface area contributed by atoms with Gasteiger partial charge in [-0.15, -0.1) is 0 Å². The molecule has 0 atom stereocenters. The zero-order chi connectivity index (χ0) is 16.5. The second-order valence-corrected chi connectivity index (χ2v) is 6.63. The fraction of sp³-hybridized carbons (Fsp3) is 0.267. The number of aryl methyl sites for hydroxylation is 1. The van der Waals surface area contributed by atoms with Gasteiger partial charge in [0.05, 0.1) is 4.90 Å². The third-order valence-electron chi connectivity index (χ3n) is 3.60. The van der Waals surface area contributed by atoms with Crippen LogP contribution in [-0.2, 0) is 17.1 Å². The topological polar surface area (TPSA) is 91.4 Å². The van der Waals surface area contributed by atoms with Gasteiger partial charge in [-0.05, 0) is 44.2 Å². The van der Waals surface area contributed by atoms with E-state index in [1.54, 1.807) is 0 Å². The van der Waals surface area contributed by atoms with Crippen molar-refractivity contribution in [1.82, 2.24) is 4.57 Å². The summed E-state index contributed by atoms with van der Waals surface area (Å²) in [7, 11) is -1.83. The summed E-state index contributed by atoms with van der Waals surface area (Å²) in [5.74, 6) is 0.280. The number of ether oxygens (including phenoxy) is 1. The highest BCUT2D eigenvalue weighted by molar-refractivity contribution is 7.89. The van der Waals surface area contributed by atoms with Crippen molar-refractivity contribution in [2.75, 3.05) is 6.61 Å². The lowest BCUT2D eigenvalue weighted by Crippen LogP contribution is -2.13. The third-order valence-corrected chi connectivity index (χ3v) is 4.53. The van der Waals surface area contributed by atoms with Gasteiger partial charge in [0.2, 0.25) is 15.8 Å². The Bertz CT molecular complexity index is 805. The number of benzene rings is 1. The summed E-state index contributed by atoms with van der Waals surface area (Å²) in [6.07, 6.45) is 0. The Morgan fingerprint density at radius 1 is 1.23 bits per heavy atom. The van der Waals surface area contributed by atoms with Crippen molar-refractivity contribution in [2.24, 2.45) is 12.2 Å². The van der Waals surface area contributed by atoms with Gasteiger partial charge in [0, 0.05) is 24.0 Å². The summed E-state index contributed by atoms with van der Waals surface area (Å²) < 4.78 is 29.6. The number of nitrogens with two attached hydrogens (primary N) is 1. The maximum absolute atomic E-state index is 12.2. The molecular formula is C15H18N2O4S. The molecule has 118 valence electrons. The van der Waals surface area contributed by atoms with Gasteiger partial charge in [-0.25, -0.2) is 13.6 Å². The predicted molar refractivity (Wildman–Crippen MR) is 82.5 cm³/mol. The minimum Gasteiger partial charge on any atom is -0.485 e. The molecule has 22 heavy (non-hydrogen) atoms. The molecule has 0 spiro atoms. The summed E-state index contributed by atoms with van der Waals surface area (Å²) in [4.78, 5) is 12.2. The van der Waals surface area contributed by atoms with E-state index in [2.05, 4.69) is 0 Å². The van der Waals surface area contributed by atoms with E-state index >= 15 is 0 Å². The van der Waals surface area contributed by atoms with Gasteiger partial charge in [0.15, 0.2) is 6.61 Å². The van der Waals surface area contributed by atoms with Crippen LogP contribution >= 0.6 is 0 Å². The first kappa shape index (κ1) is 16.3. The molecule has 1 aromatic heterocycles. The van der Waals surface area contributed by atoms with E-state index in [-0.39, 0.29) is 17.3 Å². The highest BCUT2D eigenvalue weighted by Crippen LogP contribution is 2.17. The number of carbonyl (C=O) groups excluding carboxylic acids is 1. The van der Waals surface area contributed by atoms with Crippen LogP contribution in [0.3, 0.4) is 0 Å². The molecule has 0 amide bonds. The fourth-order valence-corrected chi connectivity index (χ4v) is 2.61. The number of nitrogens with zero attached hydrogens (tertiary/aromatic N) is 1. The van der Waals surface area contributed by atoms with Crippen molar-refractivity contribution in [3.8, 4) is 5.75 Å². The Balaban J connectivity index is 2.07. The number of Topliss-reactive ketones (excluding diaryl/α,β-unsaturated/α-hetero) is 1. The molecular weight excluding hydrogens is 304 g/mol. The zero-order valence-corrected chi connectivity index (χ0v) is 13.5. The van der Waals surface area contributed by atoms with Crippen LogP contribution < -0.4 is 9.88 Å². The van der Waals surface area contributed by atoms with Crippen LogP contribution in [0.1, 0.15) is 21.7 Å². The normalized spacial score (nSPS) is 11.5. The summed E-state index contributed by atoms with van der Waals surface area (Å²) in [6.45, 7) is 3.69. The molecule has 0 unspecified atom stereocenters. The number of sulfonamides is 1. The smallest absolute Gasteiger partial charge is 0.238 e. The minimum absolute atomic E-state index is 0.000653. The summed E-state index contributed by atoms with van der Waals surface area (Å²) >= 11 is 0. The first-order valence-corrected chi connectivity index (χ1v) is 8.16. The second-order valence-electron chi connectivity index (χ2n) is 5.07. The molecule has 0 aliphatic carbocycles. The lowest BCUT2D eigenvalue weighted by atomic mass is 10.1. The summed E-state index contributed by atoms with van der Waals surface area (Å²) in [5.41, 5.74) is 2.51. The van der Waals surface area contributed by atoms with E-state index in [4.69, 9.17) is 9.88 Å². The molecule has 0 fully saturated rings. The Morgan fingerprint density at radius 3 is 2.27 bits per heavy atom. The van der Waals surface area contributed by atoms with Crippen LogP contribution in [0.15, 0.2) is 35.2 Å². The van der Waals surface area contributed by atoms with Crippen molar-refractivity contribution >= 4 is 15.8 Å². The number of ketones is 1. The van der Waals surface area contributed by atoms with E-state index in [1.807, 2.05) is 31.5 Å². The van der Waals surface area contributed by atoms with Crippen LogP contribution in [0.25, 0.3) is 0 Å². The molecule has 7 heteroatoms. The molecule has 2 N–H and O–H groups in total. The Morgan fingerprint density at radius 2 is 1.82 bits per heavy atom. The van der Waals surface area contributed by atoms with Crippen molar-refractivity contribution in [1.29, 1.82) is 0 Å². The van der Waals surface area contributed by atoms with E-state index < -0.39 is 10.0 Å². The first-order chi connectivity index (χ1) is 10.2. The van der Waals surface area contributed by atoms with Gasteiger partial charge in [0.1, 0.15) is 5.75 Å². The largest absolute Gasteiger partial charge is 0.485 e. The van der Waals surface area contributed by atoms with Crippen LogP contribution in [0.5, 0.6) is 5.75 Å². The van der Waals surface area contributed by atoms with E-state index in [0.717, 1.165) is 11.4 Å². The van der Waals surface area contributed by atoms with Gasteiger partial charge < -0.3 is 9.30 Å². The standard InChI is InChI=1S/C15H18N2O4S/c1-10-8-14(11(2)17(10)3)15(18)9-21-12-4-6-13(7-5-12)22(16,19)20/h4-8H,9H2,1-3H3,(H2,16,19,20). The minimum atomic E-state index is -3.73. The number of hydrogen-bond donors (Lipinski definition) is 1.